The summed E-state index contributed by atoms with van der Waals surface area (Å²) >= 11 is 0. The lowest BCUT2D eigenvalue weighted by Crippen LogP contribution is -2.27. The summed E-state index contributed by atoms with van der Waals surface area (Å²) in [6.45, 7) is 4.50. The minimum absolute atomic E-state index is 0.0780. The molecule has 0 aliphatic carbocycles. The third-order valence-electron chi connectivity index (χ3n) is 4.12. The number of amides is 1. The van der Waals surface area contributed by atoms with Crippen molar-refractivity contribution in [3.8, 4) is 5.75 Å². The van der Waals surface area contributed by atoms with Crippen molar-refractivity contribution in [2.24, 2.45) is 0 Å². The minimum atomic E-state index is -0.777. The molecule has 1 N–H and O–H groups in total. The van der Waals surface area contributed by atoms with Crippen LogP contribution < -0.4 is 4.74 Å². The van der Waals surface area contributed by atoms with Crippen molar-refractivity contribution in [2.75, 3.05) is 14.2 Å². The number of aliphatic hydroxyl groups is 1. The number of methoxy groups -OCH3 is 1. The van der Waals surface area contributed by atoms with Gasteiger partial charge in [-0.3, -0.25) is 4.79 Å². The number of nitrogens with zero attached hydrogens (tertiary/aromatic N) is 1. The van der Waals surface area contributed by atoms with Crippen LogP contribution in [0.5, 0.6) is 5.75 Å². The average molecular weight is 327 g/mol. The molecule has 4 heteroatoms. The van der Waals surface area contributed by atoms with Crippen molar-refractivity contribution in [3.63, 3.8) is 0 Å². The Bertz CT molecular complexity index is 674. The summed E-state index contributed by atoms with van der Waals surface area (Å²) in [4.78, 5) is 14.0. The van der Waals surface area contributed by atoms with E-state index in [0.717, 1.165) is 28.0 Å². The first-order chi connectivity index (χ1) is 11.4. The maximum absolute atomic E-state index is 12.4. The van der Waals surface area contributed by atoms with Gasteiger partial charge >= 0.3 is 0 Å². The lowest BCUT2D eigenvalue weighted by Gasteiger charge is -2.20. The van der Waals surface area contributed by atoms with E-state index in [1.54, 1.807) is 19.1 Å². The molecule has 4 nitrogen and oxygen atoms in total. The zero-order valence-electron chi connectivity index (χ0n) is 14.7. The summed E-state index contributed by atoms with van der Waals surface area (Å²) < 4.78 is 5.37. The molecule has 1 unspecified atom stereocenters. The van der Waals surface area contributed by atoms with Crippen LogP contribution in [-0.4, -0.2) is 30.1 Å². The third-order valence-corrected chi connectivity index (χ3v) is 4.12. The number of aliphatic hydroxyl groups excluding tert-OH is 1. The van der Waals surface area contributed by atoms with Gasteiger partial charge in [0, 0.05) is 13.6 Å². The van der Waals surface area contributed by atoms with Gasteiger partial charge in [-0.05, 0) is 36.1 Å². The summed E-state index contributed by atoms with van der Waals surface area (Å²) in [6.07, 6.45) is -0.699. The van der Waals surface area contributed by atoms with Gasteiger partial charge in [-0.2, -0.15) is 0 Å². The number of rotatable bonds is 6. The fraction of sp³-hybridized carbons (Fsp3) is 0.350. The second-order valence-electron chi connectivity index (χ2n) is 6.14. The Morgan fingerprint density at radius 3 is 2.29 bits per heavy atom. The van der Waals surface area contributed by atoms with Gasteiger partial charge in [0.1, 0.15) is 5.75 Å². The van der Waals surface area contributed by atoms with Gasteiger partial charge in [-0.15, -0.1) is 0 Å². The number of hydrogen-bond acceptors (Lipinski definition) is 3. The highest BCUT2D eigenvalue weighted by Crippen LogP contribution is 2.25. The second kappa shape index (κ2) is 7.97. The molecule has 0 saturated heterocycles. The van der Waals surface area contributed by atoms with Crippen LogP contribution in [-0.2, 0) is 11.3 Å². The van der Waals surface area contributed by atoms with E-state index >= 15 is 0 Å². The zero-order valence-corrected chi connectivity index (χ0v) is 14.7. The van der Waals surface area contributed by atoms with Gasteiger partial charge in [0.05, 0.1) is 19.6 Å². The van der Waals surface area contributed by atoms with Crippen LogP contribution in [0.1, 0.15) is 34.8 Å². The lowest BCUT2D eigenvalue weighted by molar-refractivity contribution is -0.132. The quantitative estimate of drug-likeness (QED) is 0.885. The molecule has 2 aromatic carbocycles. The average Bonchev–Trinajstić information content (AvgIpc) is 2.55. The molecule has 0 radical (unpaired) electrons. The highest BCUT2D eigenvalue weighted by molar-refractivity contribution is 5.76. The van der Waals surface area contributed by atoms with Crippen molar-refractivity contribution in [1.82, 2.24) is 4.90 Å². The van der Waals surface area contributed by atoms with Crippen molar-refractivity contribution >= 4 is 5.91 Å². The molecular formula is C20H25NO3. The number of ether oxygens (including phenoxy) is 1. The summed E-state index contributed by atoms with van der Waals surface area (Å²) in [5, 5.41) is 10.2. The molecule has 2 rings (SSSR count). The maximum atomic E-state index is 12.4. The highest BCUT2D eigenvalue weighted by atomic mass is 16.5. The van der Waals surface area contributed by atoms with Crippen LogP contribution in [0.25, 0.3) is 0 Å². The molecule has 0 aromatic heterocycles. The normalized spacial score (nSPS) is 11.9. The van der Waals surface area contributed by atoms with Crippen molar-refractivity contribution in [2.45, 2.75) is 32.9 Å². The van der Waals surface area contributed by atoms with Crippen LogP contribution in [0, 0.1) is 13.8 Å². The van der Waals surface area contributed by atoms with E-state index in [2.05, 4.69) is 0 Å². The van der Waals surface area contributed by atoms with Gasteiger partial charge in [0.25, 0.3) is 0 Å². The van der Waals surface area contributed by atoms with E-state index in [1.807, 2.05) is 56.3 Å². The first kappa shape index (κ1) is 18.0. The van der Waals surface area contributed by atoms with Crippen molar-refractivity contribution in [1.29, 1.82) is 0 Å². The molecule has 0 heterocycles. The van der Waals surface area contributed by atoms with E-state index in [4.69, 9.17) is 4.74 Å². The molecule has 24 heavy (non-hydrogen) atoms. The molecule has 1 atom stereocenters. The summed E-state index contributed by atoms with van der Waals surface area (Å²) in [5.41, 5.74) is 3.92. The number of benzene rings is 2. The van der Waals surface area contributed by atoms with E-state index < -0.39 is 6.10 Å². The molecule has 2 aromatic rings. The molecule has 1 amide bonds. The Morgan fingerprint density at radius 2 is 1.75 bits per heavy atom. The van der Waals surface area contributed by atoms with Gasteiger partial charge in [-0.1, -0.05) is 42.5 Å². The molecule has 0 aliphatic rings. The molecular weight excluding hydrogens is 302 g/mol. The number of carbonyl (C=O) groups is 1. The predicted molar refractivity (Wildman–Crippen MR) is 95.0 cm³/mol. The molecule has 0 spiro atoms. The smallest absolute Gasteiger partial charge is 0.225 e. The Balaban J connectivity index is 2.01. The van der Waals surface area contributed by atoms with E-state index in [0.29, 0.717) is 6.54 Å². The molecule has 0 aliphatic heterocycles. The topological polar surface area (TPSA) is 49.8 Å². The highest BCUT2D eigenvalue weighted by Gasteiger charge is 2.17. The lowest BCUT2D eigenvalue weighted by atomic mass is 10.0. The number of hydrogen-bond donors (Lipinski definition) is 1. The van der Waals surface area contributed by atoms with Crippen molar-refractivity contribution < 1.29 is 14.6 Å². The Labute approximate surface area is 143 Å². The van der Waals surface area contributed by atoms with Gasteiger partial charge in [0.15, 0.2) is 0 Å². The van der Waals surface area contributed by atoms with E-state index in [1.165, 1.54) is 0 Å². The van der Waals surface area contributed by atoms with E-state index in [-0.39, 0.29) is 12.3 Å². The minimum Gasteiger partial charge on any atom is -0.496 e. The molecule has 128 valence electrons. The Morgan fingerprint density at radius 1 is 1.17 bits per heavy atom. The summed E-state index contributed by atoms with van der Waals surface area (Å²) in [6, 6.07) is 13.3. The summed E-state index contributed by atoms with van der Waals surface area (Å²) in [7, 11) is 3.42. The summed E-state index contributed by atoms with van der Waals surface area (Å²) in [5.74, 6) is 0.796. The fourth-order valence-corrected chi connectivity index (χ4v) is 2.93. The van der Waals surface area contributed by atoms with Gasteiger partial charge in [0.2, 0.25) is 5.91 Å². The Hall–Kier alpha value is -2.33. The standard InChI is InChI=1S/C20H25NO3/c1-14-10-16(11-15(2)20(14)24-4)13-21(3)19(23)12-18(22)17-8-6-5-7-9-17/h5-11,18,22H,12-13H2,1-4H3. The monoisotopic (exact) mass is 327 g/mol. The fourth-order valence-electron chi connectivity index (χ4n) is 2.93. The maximum Gasteiger partial charge on any atom is 0.225 e. The van der Waals surface area contributed by atoms with Crippen LogP contribution >= 0.6 is 0 Å². The van der Waals surface area contributed by atoms with Crippen molar-refractivity contribution in [3.05, 3.63) is 64.7 Å². The molecule has 0 fully saturated rings. The zero-order chi connectivity index (χ0) is 17.7. The van der Waals surface area contributed by atoms with Crippen LogP contribution in [0.15, 0.2) is 42.5 Å². The first-order valence-corrected chi connectivity index (χ1v) is 8.03. The van der Waals surface area contributed by atoms with Crippen LogP contribution in [0.3, 0.4) is 0 Å². The van der Waals surface area contributed by atoms with Crippen LogP contribution in [0.2, 0.25) is 0 Å². The predicted octanol–water partition coefficient (Wildman–Crippen LogP) is 3.39. The molecule has 0 bridgehead atoms. The SMILES string of the molecule is COc1c(C)cc(CN(C)C(=O)CC(O)c2ccccc2)cc1C. The number of aryl methyl sites for hydroxylation is 2. The largest absolute Gasteiger partial charge is 0.496 e. The van der Waals surface area contributed by atoms with Gasteiger partial charge in [-0.25, -0.2) is 0 Å². The van der Waals surface area contributed by atoms with Gasteiger partial charge < -0.3 is 14.7 Å². The third kappa shape index (κ3) is 4.36. The Kier molecular flexibility index (Phi) is 5.99. The number of carbonyl (C=O) groups excluding carboxylic acids is 1. The van der Waals surface area contributed by atoms with E-state index in [9.17, 15) is 9.90 Å². The molecule has 0 saturated carbocycles. The second-order valence-corrected chi connectivity index (χ2v) is 6.14. The van der Waals surface area contributed by atoms with Crippen LogP contribution in [0.4, 0.5) is 0 Å². The first-order valence-electron chi connectivity index (χ1n) is 8.03.